The molecule has 0 saturated heterocycles. The van der Waals surface area contributed by atoms with Gasteiger partial charge in [-0.3, -0.25) is 0 Å². The molecular formula is C18H8N4S2. The Morgan fingerprint density at radius 3 is 1.33 bits per heavy atom. The predicted molar refractivity (Wildman–Crippen MR) is 95.2 cm³/mol. The van der Waals surface area contributed by atoms with Gasteiger partial charge in [0.2, 0.25) is 0 Å². The second-order valence-electron chi connectivity index (χ2n) is 5.15. The molecule has 0 radical (unpaired) electrons. The Morgan fingerprint density at radius 2 is 1.04 bits per heavy atom. The Kier molecular flexibility index (Phi) is 3.80. The highest BCUT2D eigenvalue weighted by atomic mass is 32.1. The minimum atomic E-state index is -0.0819. The average Bonchev–Trinajstić information content (AvgIpc) is 3.13. The van der Waals surface area contributed by atoms with Crippen LogP contribution in [0, 0.1) is 59.2 Å². The van der Waals surface area contributed by atoms with E-state index in [-0.39, 0.29) is 11.1 Å². The molecule has 0 N–H and O–H groups in total. The van der Waals surface area contributed by atoms with Gasteiger partial charge >= 0.3 is 0 Å². The van der Waals surface area contributed by atoms with Gasteiger partial charge in [0.05, 0.1) is 9.40 Å². The normalized spacial score (nSPS) is 9.92. The lowest BCUT2D eigenvalue weighted by atomic mass is 10.0. The van der Waals surface area contributed by atoms with Crippen LogP contribution in [0.15, 0.2) is 12.1 Å². The van der Waals surface area contributed by atoms with Crippen LogP contribution in [0.5, 0.6) is 0 Å². The van der Waals surface area contributed by atoms with Gasteiger partial charge in [-0.05, 0) is 26.0 Å². The van der Waals surface area contributed by atoms with Crippen LogP contribution in [0.25, 0.3) is 31.3 Å². The SMILES string of the molecule is Cc1cc2c(=C(C#N)C#N)c(=C(C#N)C#N)c3cc(C)sc3c2s1. The molecule has 4 nitrogen and oxygen atoms in total. The van der Waals surface area contributed by atoms with Gasteiger partial charge in [0.15, 0.2) is 0 Å². The summed E-state index contributed by atoms with van der Waals surface area (Å²) in [5.41, 5.74) is -0.164. The van der Waals surface area contributed by atoms with E-state index < -0.39 is 0 Å². The number of nitriles is 4. The van der Waals surface area contributed by atoms with Gasteiger partial charge in [-0.2, -0.15) is 21.0 Å². The Bertz CT molecular complexity index is 1170. The van der Waals surface area contributed by atoms with Crippen molar-refractivity contribution in [2.24, 2.45) is 0 Å². The molecule has 3 rings (SSSR count). The monoisotopic (exact) mass is 344 g/mol. The van der Waals surface area contributed by atoms with E-state index in [1.54, 1.807) is 22.7 Å². The lowest BCUT2D eigenvalue weighted by Gasteiger charge is -1.99. The van der Waals surface area contributed by atoms with Crippen molar-refractivity contribution in [1.29, 1.82) is 21.0 Å². The second-order valence-corrected chi connectivity index (χ2v) is 7.66. The fourth-order valence-electron chi connectivity index (χ4n) is 2.80. The van der Waals surface area contributed by atoms with Gasteiger partial charge in [-0.1, -0.05) is 0 Å². The highest BCUT2D eigenvalue weighted by Crippen LogP contribution is 2.34. The summed E-state index contributed by atoms with van der Waals surface area (Å²) in [4.78, 5) is 2.09. The van der Waals surface area contributed by atoms with E-state index in [2.05, 4.69) is 0 Å². The van der Waals surface area contributed by atoms with Crippen LogP contribution in [0.4, 0.5) is 0 Å². The summed E-state index contributed by atoms with van der Waals surface area (Å²) in [6, 6.07) is 11.5. The molecule has 2 aromatic heterocycles. The molecule has 0 fully saturated rings. The number of hydrogen-bond donors (Lipinski definition) is 0. The number of fused-ring (bicyclic) bond motifs is 3. The Labute approximate surface area is 145 Å². The Hall–Kier alpha value is -3.16. The van der Waals surface area contributed by atoms with Gasteiger partial charge in [-0.15, -0.1) is 22.7 Å². The molecule has 0 aliphatic heterocycles. The summed E-state index contributed by atoms with van der Waals surface area (Å²) in [7, 11) is 0. The zero-order chi connectivity index (χ0) is 17.4. The fraction of sp³-hybridized carbons (Fsp3) is 0.111. The molecule has 3 aromatic rings. The average molecular weight is 344 g/mol. The first-order valence-electron chi connectivity index (χ1n) is 6.87. The molecule has 1 aromatic carbocycles. The van der Waals surface area contributed by atoms with E-state index in [9.17, 15) is 21.0 Å². The van der Waals surface area contributed by atoms with Crippen LogP contribution < -0.4 is 10.4 Å². The summed E-state index contributed by atoms with van der Waals surface area (Å²) in [6.07, 6.45) is 0. The van der Waals surface area contributed by atoms with E-state index >= 15 is 0 Å². The highest BCUT2D eigenvalue weighted by Gasteiger charge is 2.16. The minimum Gasteiger partial charge on any atom is -0.192 e. The molecule has 6 heteroatoms. The van der Waals surface area contributed by atoms with Crippen molar-refractivity contribution in [3.05, 3.63) is 32.3 Å². The van der Waals surface area contributed by atoms with Crippen LogP contribution in [0.2, 0.25) is 0 Å². The van der Waals surface area contributed by atoms with Crippen molar-refractivity contribution in [2.75, 3.05) is 0 Å². The third-order valence-corrected chi connectivity index (χ3v) is 5.92. The van der Waals surface area contributed by atoms with E-state index in [0.29, 0.717) is 10.4 Å². The van der Waals surface area contributed by atoms with Crippen molar-refractivity contribution in [3.8, 4) is 24.3 Å². The minimum absolute atomic E-state index is 0.0819. The zero-order valence-electron chi connectivity index (χ0n) is 12.8. The molecule has 0 bridgehead atoms. The van der Waals surface area contributed by atoms with Gasteiger partial charge in [-0.25, -0.2) is 0 Å². The third kappa shape index (κ3) is 2.15. The second kappa shape index (κ2) is 5.80. The topological polar surface area (TPSA) is 95.2 Å². The zero-order valence-corrected chi connectivity index (χ0v) is 14.4. The van der Waals surface area contributed by atoms with Crippen LogP contribution in [-0.4, -0.2) is 0 Å². The molecule has 0 amide bonds. The Balaban J connectivity index is 2.97. The number of thiophene rings is 2. The smallest absolute Gasteiger partial charge is 0.138 e. The van der Waals surface area contributed by atoms with Gasteiger partial charge < -0.3 is 0 Å². The summed E-state index contributed by atoms with van der Waals surface area (Å²) >= 11 is 3.17. The quantitative estimate of drug-likeness (QED) is 0.626. The molecule has 0 aliphatic rings. The summed E-state index contributed by atoms with van der Waals surface area (Å²) in [5.74, 6) is 0. The first kappa shape index (κ1) is 15.7. The van der Waals surface area contributed by atoms with Crippen LogP contribution >= 0.6 is 22.7 Å². The largest absolute Gasteiger partial charge is 0.192 e. The maximum absolute atomic E-state index is 9.40. The van der Waals surface area contributed by atoms with E-state index in [1.807, 2.05) is 50.3 Å². The standard InChI is InChI=1S/C18H8N4S2/c1-9-3-13-15(11(5-19)6-20)16(12(7-21)8-22)14-4-10(2)24-18(14)17(13)23-9/h3-4H,1-2H3. The molecule has 2 heterocycles. The highest BCUT2D eigenvalue weighted by molar-refractivity contribution is 7.27. The van der Waals surface area contributed by atoms with Crippen LogP contribution in [-0.2, 0) is 0 Å². The lowest BCUT2D eigenvalue weighted by molar-refractivity contribution is 1.48. The maximum atomic E-state index is 9.40. The summed E-state index contributed by atoms with van der Waals surface area (Å²) in [5, 5.41) is 39.9. The molecule has 24 heavy (non-hydrogen) atoms. The number of rotatable bonds is 0. The van der Waals surface area contributed by atoms with Crippen LogP contribution in [0.3, 0.4) is 0 Å². The molecule has 0 unspecified atom stereocenters. The summed E-state index contributed by atoms with van der Waals surface area (Å²) < 4.78 is 1.97. The Morgan fingerprint density at radius 1 is 0.708 bits per heavy atom. The number of benzene rings is 1. The van der Waals surface area contributed by atoms with Gasteiger partial charge in [0.1, 0.15) is 35.4 Å². The van der Waals surface area contributed by atoms with Gasteiger partial charge in [0, 0.05) is 31.0 Å². The van der Waals surface area contributed by atoms with E-state index in [4.69, 9.17) is 0 Å². The molecular weight excluding hydrogens is 336 g/mol. The first-order valence-corrected chi connectivity index (χ1v) is 8.50. The first-order chi connectivity index (χ1) is 11.5. The third-order valence-electron chi connectivity index (χ3n) is 3.65. The molecule has 0 saturated carbocycles. The fourth-order valence-corrected chi connectivity index (χ4v) is 4.99. The van der Waals surface area contributed by atoms with Crippen molar-refractivity contribution < 1.29 is 0 Å². The molecule has 112 valence electrons. The molecule has 0 atom stereocenters. The summed E-state index contributed by atoms with van der Waals surface area (Å²) in [6.45, 7) is 3.91. The van der Waals surface area contributed by atoms with Crippen LogP contribution in [0.1, 0.15) is 9.75 Å². The molecule has 0 aliphatic carbocycles. The number of hydrogen-bond acceptors (Lipinski definition) is 6. The van der Waals surface area contributed by atoms with Crippen molar-refractivity contribution >= 4 is 54.0 Å². The van der Waals surface area contributed by atoms with E-state index in [1.165, 1.54) is 0 Å². The lowest BCUT2D eigenvalue weighted by Crippen LogP contribution is -2.30. The predicted octanol–water partition coefficient (Wildman–Crippen LogP) is 3.13. The van der Waals surface area contributed by atoms with Crippen molar-refractivity contribution in [1.82, 2.24) is 0 Å². The van der Waals surface area contributed by atoms with Crippen molar-refractivity contribution in [2.45, 2.75) is 13.8 Å². The number of aryl methyl sites for hydroxylation is 2. The van der Waals surface area contributed by atoms with Crippen molar-refractivity contribution in [3.63, 3.8) is 0 Å². The number of nitrogens with zero attached hydrogens (tertiary/aromatic N) is 4. The van der Waals surface area contributed by atoms with Gasteiger partial charge in [0.25, 0.3) is 0 Å². The van der Waals surface area contributed by atoms with E-state index in [0.717, 1.165) is 29.9 Å². The maximum Gasteiger partial charge on any atom is 0.138 e. The molecule has 0 spiro atoms.